The molecule has 19 heavy (non-hydrogen) atoms. The lowest BCUT2D eigenvalue weighted by molar-refractivity contribution is -0.385. The fourth-order valence-corrected chi connectivity index (χ4v) is 3.31. The molecule has 0 bridgehead atoms. The normalized spacial score (nSPS) is 17.9. The van der Waals surface area contributed by atoms with Gasteiger partial charge >= 0.3 is 5.69 Å². The summed E-state index contributed by atoms with van der Waals surface area (Å²) >= 11 is 1.89. The Balaban J connectivity index is 1.95. The summed E-state index contributed by atoms with van der Waals surface area (Å²) in [7, 11) is 0. The van der Waals surface area contributed by atoms with E-state index in [4.69, 9.17) is 0 Å². The van der Waals surface area contributed by atoms with E-state index in [1.165, 1.54) is 44.5 Å². The van der Waals surface area contributed by atoms with E-state index < -0.39 is 4.92 Å². The molecule has 1 aromatic rings. The van der Waals surface area contributed by atoms with Crippen molar-refractivity contribution in [2.75, 3.05) is 18.1 Å². The fourth-order valence-electron chi connectivity index (χ4n) is 2.40. The van der Waals surface area contributed by atoms with Crippen LogP contribution in [0, 0.1) is 10.1 Å². The average Bonchev–Trinajstić information content (AvgIpc) is 2.46. The highest BCUT2D eigenvalue weighted by atomic mass is 32.2. The SMILES string of the molecule is CSC1(CNc2ncc([N+](=O)[O-])cn2)CCCCC1. The van der Waals surface area contributed by atoms with Crippen molar-refractivity contribution in [1.29, 1.82) is 0 Å². The average molecular weight is 282 g/mol. The Hall–Kier alpha value is -1.37. The zero-order valence-corrected chi connectivity index (χ0v) is 11.8. The second-order valence-electron chi connectivity index (χ2n) is 4.82. The van der Waals surface area contributed by atoms with Crippen LogP contribution in [-0.4, -0.2) is 32.4 Å². The minimum Gasteiger partial charge on any atom is -0.353 e. The molecule has 0 atom stereocenters. The van der Waals surface area contributed by atoms with Crippen molar-refractivity contribution in [2.24, 2.45) is 0 Å². The number of nitrogens with one attached hydrogen (secondary N) is 1. The maximum absolute atomic E-state index is 10.5. The minimum atomic E-state index is -0.492. The van der Waals surface area contributed by atoms with E-state index in [-0.39, 0.29) is 10.4 Å². The summed E-state index contributed by atoms with van der Waals surface area (Å²) < 4.78 is 0.253. The quantitative estimate of drug-likeness (QED) is 0.660. The summed E-state index contributed by atoms with van der Waals surface area (Å²) in [6.07, 6.45) is 10.9. The maximum atomic E-state index is 10.5. The molecule has 0 unspecified atom stereocenters. The fraction of sp³-hybridized carbons (Fsp3) is 0.667. The topological polar surface area (TPSA) is 81.0 Å². The van der Waals surface area contributed by atoms with Gasteiger partial charge in [-0.05, 0) is 19.1 Å². The molecule has 0 aromatic carbocycles. The molecule has 104 valence electrons. The van der Waals surface area contributed by atoms with Gasteiger partial charge in [0.15, 0.2) is 0 Å². The summed E-state index contributed by atoms with van der Waals surface area (Å²) in [6, 6.07) is 0. The lowest BCUT2D eigenvalue weighted by Gasteiger charge is -2.35. The van der Waals surface area contributed by atoms with Gasteiger partial charge in [0.05, 0.1) is 4.92 Å². The van der Waals surface area contributed by atoms with Crippen molar-refractivity contribution in [2.45, 2.75) is 36.9 Å². The number of hydrogen-bond acceptors (Lipinski definition) is 6. The molecular formula is C12H18N4O2S. The van der Waals surface area contributed by atoms with Crippen LogP contribution in [0.5, 0.6) is 0 Å². The van der Waals surface area contributed by atoms with Crippen LogP contribution < -0.4 is 5.32 Å². The molecule has 0 amide bonds. The summed E-state index contributed by atoms with van der Waals surface area (Å²) in [4.78, 5) is 18.0. The molecule has 0 aliphatic heterocycles. The zero-order valence-electron chi connectivity index (χ0n) is 11.0. The molecule has 0 radical (unpaired) electrons. The van der Waals surface area contributed by atoms with Gasteiger partial charge in [-0.2, -0.15) is 11.8 Å². The molecule has 1 N–H and O–H groups in total. The number of anilines is 1. The Kier molecular flexibility index (Phi) is 4.57. The highest BCUT2D eigenvalue weighted by molar-refractivity contribution is 8.00. The summed E-state index contributed by atoms with van der Waals surface area (Å²) in [5.74, 6) is 0.463. The van der Waals surface area contributed by atoms with Crippen LogP contribution in [0.1, 0.15) is 32.1 Å². The molecule has 1 fully saturated rings. The van der Waals surface area contributed by atoms with E-state index in [0.29, 0.717) is 5.95 Å². The highest BCUT2D eigenvalue weighted by Crippen LogP contribution is 2.38. The van der Waals surface area contributed by atoms with Crippen molar-refractivity contribution < 1.29 is 4.92 Å². The van der Waals surface area contributed by atoms with Crippen LogP contribution in [0.25, 0.3) is 0 Å². The van der Waals surface area contributed by atoms with Crippen molar-refractivity contribution in [3.8, 4) is 0 Å². The molecular weight excluding hydrogens is 264 g/mol. The number of rotatable bonds is 5. The van der Waals surface area contributed by atoms with Crippen molar-refractivity contribution in [1.82, 2.24) is 9.97 Å². The van der Waals surface area contributed by atoms with Gasteiger partial charge in [-0.25, -0.2) is 9.97 Å². The molecule has 7 heteroatoms. The molecule has 0 saturated heterocycles. The van der Waals surface area contributed by atoms with Gasteiger partial charge in [-0.1, -0.05) is 19.3 Å². The van der Waals surface area contributed by atoms with E-state index in [9.17, 15) is 10.1 Å². The lowest BCUT2D eigenvalue weighted by Crippen LogP contribution is -2.35. The summed E-state index contributed by atoms with van der Waals surface area (Å²) in [6.45, 7) is 0.811. The molecule has 1 aliphatic rings. The second kappa shape index (κ2) is 6.18. The summed E-state index contributed by atoms with van der Waals surface area (Å²) in [5, 5.41) is 13.7. The number of nitro groups is 1. The van der Waals surface area contributed by atoms with Crippen LogP contribution in [0.2, 0.25) is 0 Å². The molecule has 6 nitrogen and oxygen atoms in total. The van der Waals surface area contributed by atoms with E-state index >= 15 is 0 Å². The Morgan fingerprint density at radius 1 is 1.37 bits per heavy atom. The van der Waals surface area contributed by atoms with Gasteiger partial charge < -0.3 is 5.32 Å². The lowest BCUT2D eigenvalue weighted by atomic mass is 9.88. The maximum Gasteiger partial charge on any atom is 0.305 e. The predicted octanol–water partition coefficient (Wildman–Crippen LogP) is 2.86. The molecule has 1 aromatic heterocycles. The van der Waals surface area contributed by atoms with Crippen LogP contribution in [0.4, 0.5) is 11.6 Å². The predicted molar refractivity (Wildman–Crippen MR) is 76.5 cm³/mol. The number of aromatic nitrogens is 2. The Morgan fingerprint density at radius 3 is 2.53 bits per heavy atom. The zero-order chi connectivity index (χ0) is 13.7. The van der Waals surface area contributed by atoms with Gasteiger partial charge in [0.1, 0.15) is 12.4 Å². The Morgan fingerprint density at radius 2 is 2.00 bits per heavy atom. The van der Waals surface area contributed by atoms with Crippen molar-refractivity contribution >= 4 is 23.4 Å². The summed E-state index contributed by atoms with van der Waals surface area (Å²) in [5.41, 5.74) is -0.0807. The van der Waals surface area contributed by atoms with Gasteiger partial charge in [-0.15, -0.1) is 0 Å². The number of thioether (sulfide) groups is 1. The van der Waals surface area contributed by atoms with Gasteiger partial charge in [0.25, 0.3) is 0 Å². The Labute approximate surface area is 116 Å². The first-order valence-corrected chi connectivity index (χ1v) is 7.63. The monoisotopic (exact) mass is 282 g/mol. The van der Waals surface area contributed by atoms with E-state index in [2.05, 4.69) is 21.5 Å². The van der Waals surface area contributed by atoms with Gasteiger partial charge in [-0.3, -0.25) is 10.1 Å². The molecule has 2 rings (SSSR count). The first kappa shape index (κ1) is 14.0. The van der Waals surface area contributed by atoms with Crippen LogP contribution >= 0.6 is 11.8 Å². The molecule has 1 heterocycles. The van der Waals surface area contributed by atoms with Crippen molar-refractivity contribution in [3.63, 3.8) is 0 Å². The second-order valence-corrected chi connectivity index (χ2v) is 6.10. The third-order valence-electron chi connectivity index (χ3n) is 3.62. The molecule has 1 aliphatic carbocycles. The van der Waals surface area contributed by atoms with E-state index in [0.717, 1.165) is 6.54 Å². The van der Waals surface area contributed by atoms with Crippen molar-refractivity contribution in [3.05, 3.63) is 22.5 Å². The Bertz CT molecular complexity index is 432. The standard InChI is InChI=1S/C12H18N4O2S/c1-19-12(5-3-2-4-6-12)9-15-11-13-7-10(8-14-11)16(17)18/h7-8H,2-6,9H2,1H3,(H,13,14,15). The third-order valence-corrected chi connectivity index (χ3v) is 5.03. The van der Waals surface area contributed by atoms with Crippen LogP contribution in [0.3, 0.4) is 0 Å². The largest absolute Gasteiger partial charge is 0.353 e. The number of hydrogen-bond donors (Lipinski definition) is 1. The van der Waals surface area contributed by atoms with Crippen LogP contribution in [0.15, 0.2) is 12.4 Å². The third kappa shape index (κ3) is 3.56. The minimum absolute atomic E-state index is 0.0807. The van der Waals surface area contributed by atoms with Crippen LogP contribution in [-0.2, 0) is 0 Å². The van der Waals surface area contributed by atoms with E-state index in [1.54, 1.807) is 0 Å². The smallest absolute Gasteiger partial charge is 0.305 e. The van der Waals surface area contributed by atoms with E-state index in [1.807, 2.05) is 11.8 Å². The highest BCUT2D eigenvalue weighted by Gasteiger charge is 2.31. The number of nitrogens with zero attached hydrogens (tertiary/aromatic N) is 3. The first-order valence-electron chi connectivity index (χ1n) is 6.41. The first-order chi connectivity index (χ1) is 9.15. The van der Waals surface area contributed by atoms with Gasteiger partial charge in [0, 0.05) is 11.3 Å². The molecule has 0 spiro atoms. The molecule has 1 saturated carbocycles. The van der Waals surface area contributed by atoms with Gasteiger partial charge in [0.2, 0.25) is 5.95 Å².